The van der Waals surface area contributed by atoms with E-state index >= 15 is 0 Å². The van der Waals surface area contributed by atoms with E-state index in [0.717, 1.165) is 6.07 Å². The van der Waals surface area contributed by atoms with Gasteiger partial charge in [0.2, 0.25) is 0 Å². The summed E-state index contributed by atoms with van der Waals surface area (Å²) in [5.74, 6) is -0.853. The van der Waals surface area contributed by atoms with Crippen LogP contribution in [-0.4, -0.2) is 17.6 Å². The van der Waals surface area contributed by atoms with Gasteiger partial charge in [-0.2, -0.15) is 0 Å². The minimum absolute atomic E-state index is 0.0895. The number of carbonyl (C=O) groups is 1. The van der Waals surface area contributed by atoms with Crippen LogP contribution in [0.4, 0.5) is 8.78 Å². The lowest BCUT2D eigenvalue weighted by molar-refractivity contribution is 0.0516. The lowest BCUT2D eigenvalue weighted by Gasteiger charge is -2.06. The fourth-order valence-electron chi connectivity index (χ4n) is 1.02. The number of ether oxygens (including phenoxy) is 1. The molecule has 1 aromatic rings. The molecule has 0 aliphatic carbocycles. The summed E-state index contributed by atoms with van der Waals surface area (Å²) in [7, 11) is 0. The van der Waals surface area contributed by atoms with E-state index in [1.54, 1.807) is 6.92 Å². The number of rotatable bonds is 3. The third kappa shape index (κ3) is 2.66. The average molecular weight is 296 g/mol. The molecular weight excluding hydrogens is 288 g/mol. The molecule has 1 N–H and O–H groups in total. The summed E-state index contributed by atoms with van der Waals surface area (Å²) in [4.78, 5) is 24.8. The van der Waals surface area contributed by atoms with Gasteiger partial charge in [-0.15, -0.1) is 0 Å². The van der Waals surface area contributed by atoms with Crippen LogP contribution in [0.5, 0.6) is 0 Å². The number of hydrogen-bond acceptors (Lipinski definition) is 3. The first-order valence-corrected chi connectivity index (χ1v) is 5.14. The molecule has 1 heterocycles. The molecule has 0 unspecified atom stereocenters. The van der Waals surface area contributed by atoms with Gasteiger partial charge in [0.25, 0.3) is 6.43 Å². The number of H-pyrrole nitrogens is 1. The van der Waals surface area contributed by atoms with Crippen molar-refractivity contribution < 1.29 is 18.3 Å². The fourth-order valence-corrected chi connectivity index (χ4v) is 1.40. The van der Waals surface area contributed by atoms with Gasteiger partial charge in [0, 0.05) is 6.07 Å². The highest BCUT2D eigenvalue weighted by Crippen LogP contribution is 2.18. The molecule has 0 fully saturated rings. The van der Waals surface area contributed by atoms with Crippen molar-refractivity contribution in [3.05, 3.63) is 32.2 Å². The highest BCUT2D eigenvalue weighted by molar-refractivity contribution is 9.10. The predicted octanol–water partition coefficient (Wildman–Crippen LogP) is 2.25. The zero-order chi connectivity index (χ0) is 12.3. The van der Waals surface area contributed by atoms with Crippen molar-refractivity contribution in [1.82, 2.24) is 4.98 Å². The molecule has 1 rings (SSSR count). The van der Waals surface area contributed by atoms with Gasteiger partial charge in [-0.3, -0.25) is 4.79 Å². The Morgan fingerprint density at radius 2 is 2.25 bits per heavy atom. The van der Waals surface area contributed by atoms with Gasteiger partial charge in [0.05, 0.1) is 16.8 Å². The Morgan fingerprint density at radius 1 is 1.62 bits per heavy atom. The Bertz CT molecular complexity index is 459. The third-order valence-corrected chi connectivity index (χ3v) is 2.49. The Hall–Kier alpha value is -1.24. The van der Waals surface area contributed by atoms with E-state index in [9.17, 15) is 18.4 Å². The maximum absolute atomic E-state index is 12.4. The molecule has 0 saturated carbocycles. The Kier molecular flexibility index (Phi) is 4.17. The van der Waals surface area contributed by atoms with E-state index in [-0.39, 0.29) is 16.8 Å². The number of esters is 1. The smallest absolute Gasteiger partial charge is 0.356 e. The molecule has 4 nitrogen and oxygen atoms in total. The summed E-state index contributed by atoms with van der Waals surface area (Å²) in [5.41, 5.74) is -1.61. The number of hydrogen-bond donors (Lipinski definition) is 1. The van der Waals surface area contributed by atoms with Crippen LogP contribution in [0.1, 0.15) is 29.5 Å². The first-order chi connectivity index (χ1) is 7.47. The Labute approximate surface area is 97.7 Å². The maximum Gasteiger partial charge on any atom is 0.356 e. The predicted molar refractivity (Wildman–Crippen MR) is 55.7 cm³/mol. The highest BCUT2D eigenvalue weighted by atomic mass is 79.9. The van der Waals surface area contributed by atoms with Gasteiger partial charge < -0.3 is 9.72 Å². The van der Waals surface area contributed by atoms with Crippen molar-refractivity contribution in [3.8, 4) is 0 Å². The van der Waals surface area contributed by atoms with Gasteiger partial charge in [0.1, 0.15) is 5.69 Å². The zero-order valence-corrected chi connectivity index (χ0v) is 9.81. The van der Waals surface area contributed by atoms with Crippen LogP contribution in [0, 0.1) is 0 Å². The minimum Gasteiger partial charge on any atom is -0.461 e. The number of halogens is 3. The molecule has 0 spiro atoms. The standard InChI is InChI=1S/C9H8BrF2NO3/c1-2-16-9(15)7-6(10)5(14)3-4(13-7)8(11)12/h3,8H,2H2,1H3,(H,13,14). The first-order valence-electron chi connectivity index (χ1n) is 4.35. The molecule has 0 saturated heterocycles. The van der Waals surface area contributed by atoms with Crippen LogP contribution in [0.3, 0.4) is 0 Å². The second kappa shape index (κ2) is 5.20. The van der Waals surface area contributed by atoms with Gasteiger partial charge in [-0.1, -0.05) is 0 Å². The molecule has 0 aliphatic heterocycles. The normalized spacial score (nSPS) is 10.6. The number of alkyl halides is 2. The van der Waals surface area contributed by atoms with Crippen molar-refractivity contribution in [2.45, 2.75) is 13.3 Å². The van der Waals surface area contributed by atoms with Crippen LogP contribution in [0.15, 0.2) is 15.3 Å². The fraction of sp³-hybridized carbons (Fsp3) is 0.333. The largest absolute Gasteiger partial charge is 0.461 e. The molecule has 0 amide bonds. The van der Waals surface area contributed by atoms with Crippen molar-refractivity contribution in [3.63, 3.8) is 0 Å². The van der Waals surface area contributed by atoms with Crippen LogP contribution < -0.4 is 5.43 Å². The van der Waals surface area contributed by atoms with Crippen molar-refractivity contribution in [2.75, 3.05) is 6.61 Å². The van der Waals surface area contributed by atoms with Crippen molar-refractivity contribution in [1.29, 1.82) is 0 Å². The molecule has 0 bridgehead atoms. The summed E-state index contributed by atoms with van der Waals surface area (Å²) >= 11 is 2.84. The van der Waals surface area contributed by atoms with E-state index < -0.39 is 23.5 Å². The lowest BCUT2D eigenvalue weighted by Crippen LogP contribution is -2.16. The second-order valence-electron chi connectivity index (χ2n) is 2.80. The SMILES string of the molecule is CCOC(=O)c1[nH]c(C(F)F)cc(=O)c1Br. The number of aromatic nitrogens is 1. The van der Waals surface area contributed by atoms with Gasteiger partial charge >= 0.3 is 5.97 Å². The molecule has 0 radical (unpaired) electrons. The molecule has 0 aromatic carbocycles. The molecule has 0 atom stereocenters. The third-order valence-electron chi connectivity index (χ3n) is 1.71. The Balaban J connectivity index is 3.27. The number of carbonyl (C=O) groups excluding carboxylic acids is 1. The van der Waals surface area contributed by atoms with Gasteiger partial charge in [-0.25, -0.2) is 13.6 Å². The summed E-state index contributed by atoms with van der Waals surface area (Å²) in [6.45, 7) is 1.66. The number of pyridine rings is 1. The van der Waals surface area contributed by atoms with E-state index in [1.165, 1.54) is 0 Å². The first kappa shape index (κ1) is 12.8. The monoisotopic (exact) mass is 295 g/mol. The minimum atomic E-state index is -2.85. The molecule has 7 heteroatoms. The van der Waals surface area contributed by atoms with Gasteiger partial charge in [-0.05, 0) is 22.9 Å². The van der Waals surface area contributed by atoms with Crippen molar-refractivity contribution in [2.24, 2.45) is 0 Å². The lowest BCUT2D eigenvalue weighted by atomic mass is 10.3. The zero-order valence-electron chi connectivity index (χ0n) is 8.22. The summed E-state index contributed by atoms with van der Waals surface area (Å²) in [6.07, 6.45) is -2.85. The molecule has 1 aromatic heterocycles. The average Bonchev–Trinajstić information content (AvgIpc) is 2.21. The molecular formula is C9H8BrF2NO3. The summed E-state index contributed by atoms with van der Waals surface area (Å²) < 4.78 is 29.2. The summed E-state index contributed by atoms with van der Waals surface area (Å²) in [5, 5.41) is 0. The van der Waals surface area contributed by atoms with Crippen molar-refractivity contribution >= 4 is 21.9 Å². The highest BCUT2D eigenvalue weighted by Gasteiger charge is 2.18. The van der Waals surface area contributed by atoms with Crippen LogP contribution in [0.2, 0.25) is 0 Å². The molecule has 16 heavy (non-hydrogen) atoms. The quantitative estimate of drug-likeness (QED) is 0.870. The van der Waals surface area contributed by atoms with Crippen LogP contribution in [0.25, 0.3) is 0 Å². The van der Waals surface area contributed by atoms with E-state index in [4.69, 9.17) is 0 Å². The number of aromatic amines is 1. The van der Waals surface area contributed by atoms with Crippen LogP contribution >= 0.6 is 15.9 Å². The second-order valence-corrected chi connectivity index (χ2v) is 3.59. The molecule has 88 valence electrons. The summed E-state index contributed by atoms with van der Waals surface area (Å²) in [6, 6.07) is 0.734. The molecule has 0 aliphatic rings. The van der Waals surface area contributed by atoms with E-state index in [2.05, 4.69) is 25.7 Å². The van der Waals surface area contributed by atoms with E-state index in [0.29, 0.717) is 0 Å². The maximum atomic E-state index is 12.4. The number of nitrogens with one attached hydrogen (secondary N) is 1. The Morgan fingerprint density at radius 3 is 2.75 bits per heavy atom. The topological polar surface area (TPSA) is 59.2 Å². The van der Waals surface area contributed by atoms with Gasteiger partial charge in [0.15, 0.2) is 5.43 Å². The van der Waals surface area contributed by atoms with Crippen LogP contribution in [-0.2, 0) is 4.74 Å². The van der Waals surface area contributed by atoms with E-state index in [1.807, 2.05) is 0 Å².